The number of thiazole rings is 3. The van der Waals surface area contributed by atoms with E-state index < -0.39 is 0 Å². The molecule has 0 radical (unpaired) electrons. The summed E-state index contributed by atoms with van der Waals surface area (Å²) in [6.45, 7) is 0. The molecule has 0 aliphatic carbocycles. The second-order valence-electron chi connectivity index (χ2n) is 27.5. The van der Waals surface area contributed by atoms with Crippen LogP contribution in [0.25, 0.3) is 195 Å². The Hall–Kier alpha value is -14.2. The molecule has 24 aromatic rings. The molecule has 13 aromatic carbocycles. The first-order valence-electron chi connectivity index (χ1n) is 36.9. The molecule has 0 saturated heterocycles. The molecule has 0 bridgehead atoms. The zero-order chi connectivity index (χ0) is 73.0. The zero-order valence-corrected chi connectivity index (χ0v) is 61.8. The van der Waals surface area contributed by atoms with Crippen molar-refractivity contribution in [1.29, 1.82) is 0 Å². The van der Waals surface area contributed by atoms with Gasteiger partial charge in [0.1, 0.15) is 30.0 Å². The van der Waals surface area contributed by atoms with Crippen LogP contribution in [-0.4, -0.2) is 52.3 Å². The normalized spacial score (nSPS) is 11.8. The molecule has 0 amide bonds. The maximum atomic E-state index is 4.85. The number of nitrogens with zero attached hydrogens (tertiary/aromatic N) is 11. The lowest BCUT2D eigenvalue weighted by atomic mass is 10.1. The van der Waals surface area contributed by atoms with Gasteiger partial charge in [0.2, 0.25) is 0 Å². The number of hydrogen-bond acceptors (Lipinski definition) is 8. The van der Waals surface area contributed by atoms with E-state index in [-0.39, 0.29) is 0 Å². The van der Waals surface area contributed by atoms with Crippen LogP contribution in [0.4, 0.5) is 0 Å². The highest BCUT2D eigenvalue weighted by Crippen LogP contribution is 2.47. The molecule has 0 spiro atoms. The van der Waals surface area contributed by atoms with Gasteiger partial charge < -0.3 is 13.7 Å². The number of para-hydroxylation sites is 9. The molecule has 0 saturated carbocycles. The van der Waals surface area contributed by atoms with Crippen molar-refractivity contribution in [2.45, 2.75) is 0 Å². The lowest BCUT2D eigenvalue weighted by molar-refractivity contribution is 1.16. The monoisotopic (exact) mass is 1480 g/mol. The molecule has 11 heterocycles. The standard InChI is InChI=1S/C33H21N3S.2C32H20N4S/c1-3-11-22(12-4-1)33-34-21-30(37-33)36-29-18-10-8-16-25(29)27-20-19-26-24-15-7-9-17-28(24)35(31(26)32(27)36)23-13-5-2-6-14-23;1-2-10-21(11-3-1)35-25-15-6-4-12-22(25)30-27(35)17-18-28-31(30)23-13-5-7-16-26(23)36(28)29-20-34-32(37-29)24-14-8-9-19-33-24;1-2-10-21(11-3-1)35-27-15-6-4-12-22(27)24-18-25-23-13-5-7-16-28(23)36(30(25)19-29(24)35)31-20-34-32(37-31)26-14-8-9-17-33-26/h1-21H;2*1-20H. The minimum absolute atomic E-state index is 0.895. The van der Waals surface area contributed by atoms with E-state index in [0.29, 0.717) is 0 Å². The van der Waals surface area contributed by atoms with Gasteiger partial charge in [-0.15, -0.1) is 0 Å². The minimum atomic E-state index is 0.895. The number of aromatic nitrogens is 11. The van der Waals surface area contributed by atoms with E-state index in [0.717, 1.165) is 58.4 Å². The van der Waals surface area contributed by atoms with Gasteiger partial charge in [-0.1, -0.05) is 252 Å². The van der Waals surface area contributed by atoms with Crippen molar-refractivity contribution >= 4 is 165 Å². The van der Waals surface area contributed by atoms with Gasteiger partial charge in [-0.25, -0.2) is 15.0 Å². The molecule has 11 aromatic heterocycles. The molecule has 0 aliphatic rings. The van der Waals surface area contributed by atoms with Crippen LogP contribution in [-0.2, 0) is 0 Å². The van der Waals surface area contributed by atoms with Gasteiger partial charge in [0, 0.05) is 99.7 Å². The molecule has 111 heavy (non-hydrogen) atoms. The van der Waals surface area contributed by atoms with E-state index >= 15 is 0 Å². The Morgan fingerprint density at radius 2 is 0.523 bits per heavy atom. The fourth-order valence-electron chi connectivity index (χ4n) is 16.7. The van der Waals surface area contributed by atoms with Crippen molar-refractivity contribution in [2.75, 3.05) is 0 Å². The molecule has 0 fully saturated rings. The van der Waals surface area contributed by atoms with Gasteiger partial charge in [0.15, 0.2) is 0 Å². The summed E-state index contributed by atoms with van der Waals surface area (Å²) in [5.41, 5.74) is 20.8. The van der Waals surface area contributed by atoms with Crippen LogP contribution in [0.3, 0.4) is 0 Å². The first-order valence-corrected chi connectivity index (χ1v) is 39.4. The van der Waals surface area contributed by atoms with E-state index in [2.05, 4.69) is 335 Å². The van der Waals surface area contributed by atoms with Crippen LogP contribution < -0.4 is 0 Å². The topological polar surface area (TPSA) is 94.0 Å². The van der Waals surface area contributed by atoms with E-state index in [4.69, 9.17) is 15.0 Å². The van der Waals surface area contributed by atoms with Gasteiger partial charge in [0.05, 0.1) is 96.2 Å². The first-order chi connectivity index (χ1) is 55.1. The molecule has 11 nitrogen and oxygen atoms in total. The highest BCUT2D eigenvalue weighted by molar-refractivity contribution is 7.18. The molecule has 0 aliphatic heterocycles. The molecule has 0 unspecified atom stereocenters. The molecule has 14 heteroatoms. The summed E-state index contributed by atoms with van der Waals surface area (Å²) in [5, 5.41) is 21.2. The second kappa shape index (κ2) is 26.4. The predicted octanol–water partition coefficient (Wildman–Crippen LogP) is 25.8. The van der Waals surface area contributed by atoms with Crippen molar-refractivity contribution in [3.63, 3.8) is 0 Å². The summed E-state index contributed by atoms with van der Waals surface area (Å²) in [4.78, 5) is 23.4. The SMILES string of the molecule is c1ccc(-c2ncc(-n3c4ccccc4c4ccc5c6ccccc6n(-c6ccccc6)c5c43)s2)cc1.c1ccc(-n2c3ccccc3c3c4c5ccccc5n(-c5cnc(-c6ccccn6)s5)c4ccc32)cc1.c1ccc(-n2c3ccccc3c3cc4c5ccccc5n(-c5cnc(-c6ccccn6)s5)c4cc32)cc1. The quantitative estimate of drug-likeness (QED) is 0.144. The molecule has 24 rings (SSSR count). The van der Waals surface area contributed by atoms with Crippen LogP contribution in [0.15, 0.2) is 371 Å². The number of fused-ring (bicyclic) bond motifs is 20. The molecule has 522 valence electrons. The predicted molar refractivity (Wildman–Crippen MR) is 464 cm³/mol. The van der Waals surface area contributed by atoms with Crippen LogP contribution in [0.5, 0.6) is 0 Å². The number of hydrogen-bond donors (Lipinski definition) is 0. The third-order valence-electron chi connectivity index (χ3n) is 21.4. The van der Waals surface area contributed by atoms with E-state index in [1.807, 2.05) is 73.4 Å². The third kappa shape index (κ3) is 10.4. The Bertz CT molecular complexity index is 7690. The number of pyridine rings is 2. The lowest BCUT2D eigenvalue weighted by Crippen LogP contribution is -1.97. The maximum Gasteiger partial charge on any atom is 0.143 e. The van der Waals surface area contributed by atoms with Crippen LogP contribution in [0.2, 0.25) is 0 Å². The molecular formula is C97H61N11S3. The lowest BCUT2D eigenvalue weighted by Gasteiger charge is -2.11. The average Bonchev–Trinajstić information content (AvgIpc) is 1.56. The summed E-state index contributed by atoms with van der Waals surface area (Å²) in [5.74, 6) is 0. The van der Waals surface area contributed by atoms with Crippen LogP contribution >= 0.6 is 34.0 Å². The van der Waals surface area contributed by atoms with Gasteiger partial charge >= 0.3 is 0 Å². The number of benzene rings is 13. The Kier molecular flexibility index (Phi) is 15.2. The Balaban J connectivity index is 0.000000102. The molecule has 0 N–H and O–H groups in total. The summed E-state index contributed by atoms with van der Waals surface area (Å²) in [6, 6.07) is 120. The fourth-order valence-corrected chi connectivity index (χ4v) is 19.5. The van der Waals surface area contributed by atoms with E-state index in [1.165, 1.54) is 137 Å². The summed E-state index contributed by atoms with van der Waals surface area (Å²) in [6.07, 6.45) is 9.59. The van der Waals surface area contributed by atoms with Crippen LogP contribution in [0.1, 0.15) is 0 Å². The third-order valence-corrected chi connectivity index (χ3v) is 24.4. The van der Waals surface area contributed by atoms with E-state index in [1.54, 1.807) is 34.0 Å². The number of rotatable bonds is 9. The highest BCUT2D eigenvalue weighted by atomic mass is 32.1. The van der Waals surface area contributed by atoms with Crippen LogP contribution in [0, 0.1) is 0 Å². The van der Waals surface area contributed by atoms with Crippen molar-refractivity contribution < 1.29 is 0 Å². The van der Waals surface area contributed by atoms with Crippen molar-refractivity contribution in [1.82, 2.24) is 52.3 Å². The Morgan fingerprint density at radius 1 is 0.198 bits per heavy atom. The van der Waals surface area contributed by atoms with Gasteiger partial charge in [0.25, 0.3) is 0 Å². The summed E-state index contributed by atoms with van der Waals surface area (Å²) >= 11 is 5.07. The van der Waals surface area contributed by atoms with Gasteiger partial charge in [-0.2, -0.15) is 0 Å². The largest absolute Gasteiger partial charge is 0.309 e. The second-order valence-corrected chi connectivity index (χ2v) is 30.6. The fraction of sp³-hybridized carbons (Fsp3) is 0. The first kappa shape index (κ1) is 64.1. The minimum Gasteiger partial charge on any atom is -0.309 e. The summed E-state index contributed by atoms with van der Waals surface area (Å²) < 4.78 is 14.3. The maximum absolute atomic E-state index is 4.85. The van der Waals surface area contributed by atoms with Gasteiger partial charge in [-0.3, -0.25) is 23.7 Å². The Morgan fingerprint density at radius 3 is 1.01 bits per heavy atom. The van der Waals surface area contributed by atoms with Crippen molar-refractivity contribution in [3.8, 4) is 64.0 Å². The molecular weight excluding hydrogens is 1420 g/mol. The molecule has 0 atom stereocenters. The van der Waals surface area contributed by atoms with Gasteiger partial charge in [-0.05, 0) is 121 Å². The average molecular weight is 1480 g/mol. The Labute approximate surface area is 647 Å². The smallest absolute Gasteiger partial charge is 0.143 e. The van der Waals surface area contributed by atoms with Crippen molar-refractivity contribution in [2.24, 2.45) is 0 Å². The van der Waals surface area contributed by atoms with E-state index in [9.17, 15) is 0 Å². The summed E-state index contributed by atoms with van der Waals surface area (Å²) in [7, 11) is 0. The zero-order valence-electron chi connectivity index (χ0n) is 59.4. The highest BCUT2D eigenvalue weighted by Gasteiger charge is 2.26. The van der Waals surface area contributed by atoms with Crippen molar-refractivity contribution in [3.05, 3.63) is 371 Å².